The van der Waals surface area contributed by atoms with Crippen LogP contribution in [0.4, 0.5) is 14.9 Å². The maximum absolute atomic E-state index is 13.3. The van der Waals surface area contributed by atoms with Crippen LogP contribution in [0.2, 0.25) is 0 Å². The van der Waals surface area contributed by atoms with E-state index < -0.39 is 0 Å². The van der Waals surface area contributed by atoms with Crippen LogP contribution in [-0.2, 0) is 0 Å². The van der Waals surface area contributed by atoms with Crippen LogP contribution in [0.25, 0.3) is 0 Å². The van der Waals surface area contributed by atoms with Gasteiger partial charge in [-0.2, -0.15) is 0 Å². The van der Waals surface area contributed by atoms with Crippen LogP contribution in [0.5, 0.6) is 0 Å². The minimum absolute atomic E-state index is 0.132. The lowest BCUT2D eigenvalue weighted by Crippen LogP contribution is -2.47. The van der Waals surface area contributed by atoms with Gasteiger partial charge < -0.3 is 20.2 Å². The monoisotopic (exact) mass is 323 g/mol. The molecule has 23 heavy (non-hydrogen) atoms. The quantitative estimate of drug-likeness (QED) is 0.875. The molecule has 2 rings (SSSR count). The highest BCUT2D eigenvalue weighted by Gasteiger charge is 2.25. The van der Waals surface area contributed by atoms with Gasteiger partial charge in [0.15, 0.2) is 0 Å². The molecule has 1 fully saturated rings. The summed E-state index contributed by atoms with van der Waals surface area (Å²) in [6.45, 7) is 4.18. The van der Waals surface area contributed by atoms with Crippen LogP contribution in [0.15, 0.2) is 18.2 Å². The molecule has 0 atom stereocenters. The Bertz CT molecular complexity index is 531. The highest BCUT2D eigenvalue weighted by molar-refractivity contribution is 5.89. The summed E-state index contributed by atoms with van der Waals surface area (Å²) >= 11 is 0. The molecule has 0 spiro atoms. The molecule has 1 saturated heterocycles. The van der Waals surface area contributed by atoms with Gasteiger partial charge >= 0.3 is 6.03 Å². The second-order valence-corrected chi connectivity index (χ2v) is 6.17. The maximum Gasteiger partial charge on any atom is 0.321 e. The van der Waals surface area contributed by atoms with Gasteiger partial charge in [0, 0.05) is 38.0 Å². The van der Waals surface area contributed by atoms with E-state index in [9.17, 15) is 9.18 Å². The first-order chi connectivity index (χ1) is 11.0. The SMILES string of the molecule is Cc1cc(NC(=O)N2CCC(N(C)CCCO)CC2)ccc1F. The fraction of sp³-hybridized carbons (Fsp3) is 0.588. The number of halogens is 1. The standard InChI is InChI=1S/C17H26FN3O2/c1-13-12-14(4-5-16(13)18)19-17(23)21-9-6-15(7-10-21)20(2)8-3-11-22/h4-5,12,15,22H,3,6-11H2,1-2H3,(H,19,23). The van der Waals surface area contributed by atoms with Gasteiger partial charge in [-0.25, -0.2) is 9.18 Å². The largest absolute Gasteiger partial charge is 0.396 e. The number of aryl methyl sites for hydroxylation is 1. The zero-order valence-electron chi connectivity index (χ0n) is 13.9. The Morgan fingerprint density at radius 1 is 1.43 bits per heavy atom. The molecule has 0 aliphatic carbocycles. The Morgan fingerprint density at radius 3 is 2.74 bits per heavy atom. The molecular weight excluding hydrogens is 297 g/mol. The third kappa shape index (κ3) is 4.91. The highest BCUT2D eigenvalue weighted by atomic mass is 19.1. The number of carbonyl (C=O) groups excluding carboxylic acids is 1. The molecule has 0 bridgehead atoms. The Balaban J connectivity index is 1.82. The van der Waals surface area contributed by atoms with Crippen LogP contribution in [0.1, 0.15) is 24.8 Å². The highest BCUT2D eigenvalue weighted by Crippen LogP contribution is 2.18. The number of hydrogen-bond donors (Lipinski definition) is 2. The van der Waals surface area contributed by atoms with Crippen LogP contribution in [-0.4, -0.2) is 60.3 Å². The summed E-state index contributed by atoms with van der Waals surface area (Å²) in [6.07, 6.45) is 2.64. The molecule has 2 amide bonds. The molecule has 0 aromatic heterocycles. The van der Waals surface area contributed by atoms with E-state index in [1.807, 2.05) is 0 Å². The van der Waals surface area contributed by atoms with Crippen LogP contribution < -0.4 is 5.32 Å². The lowest BCUT2D eigenvalue weighted by Gasteiger charge is -2.36. The van der Waals surface area contributed by atoms with E-state index in [4.69, 9.17) is 5.11 Å². The Labute approximate surface area is 137 Å². The molecule has 1 aliphatic heterocycles. The van der Waals surface area contributed by atoms with Crippen molar-refractivity contribution in [3.63, 3.8) is 0 Å². The van der Waals surface area contributed by atoms with Gasteiger partial charge in [0.05, 0.1) is 0 Å². The van der Waals surface area contributed by atoms with E-state index >= 15 is 0 Å². The number of urea groups is 1. The summed E-state index contributed by atoms with van der Waals surface area (Å²) in [5, 5.41) is 11.7. The average molecular weight is 323 g/mol. The van der Waals surface area contributed by atoms with E-state index in [0.29, 0.717) is 30.4 Å². The average Bonchev–Trinajstić information content (AvgIpc) is 2.56. The van der Waals surface area contributed by atoms with Crippen LogP contribution >= 0.6 is 0 Å². The maximum atomic E-state index is 13.3. The van der Waals surface area contributed by atoms with Crippen molar-refractivity contribution in [3.05, 3.63) is 29.6 Å². The van der Waals surface area contributed by atoms with E-state index in [1.54, 1.807) is 24.0 Å². The van der Waals surface area contributed by atoms with E-state index in [-0.39, 0.29) is 18.5 Å². The second kappa shape index (κ2) is 8.26. The smallest absolute Gasteiger partial charge is 0.321 e. The third-order valence-electron chi connectivity index (χ3n) is 4.45. The minimum Gasteiger partial charge on any atom is -0.396 e. The second-order valence-electron chi connectivity index (χ2n) is 6.17. The first-order valence-corrected chi connectivity index (χ1v) is 8.14. The fourth-order valence-corrected chi connectivity index (χ4v) is 2.94. The van der Waals surface area contributed by atoms with Crippen LogP contribution in [0.3, 0.4) is 0 Å². The molecule has 1 aromatic carbocycles. The summed E-state index contributed by atoms with van der Waals surface area (Å²) < 4.78 is 13.3. The van der Waals surface area contributed by atoms with Gasteiger partial charge in [0.25, 0.3) is 0 Å². The number of nitrogens with zero attached hydrogens (tertiary/aromatic N) is 2. The zero-order chi connectivity index (χ0) is 16.8. The fourth-order valence-electron chi connectivity index (χ4n) is 2.94. The van der Waals surface area contributed by atoms with E-state index in [0.717, 1.165) is 25.8 Å². The molecule has 6 heteroatoms. The number of amides is 2. The van der Waals surface area contributed by atoms with Crippen molar-refractivity contribution in [2.24, 2.45) is 0 Å². The predicted molar refractivity (Wildman–Crippen MR) is 89.1 cm³/mol. The van der Waals surface area contributed by atoms with Gasteiger partial charge in [-0.1, -0.05) is 0 Å². The Hall–Kier alpha value is -1.66. The van der Waals surface area contributed by atoms with Crippen molar-refractivity contribution in [3.8, 4) is 0 Å². The number of rotatable bonds is 5. The molecule has 2 N–H and O–H groups in total. The van der Waals surface area contributed by atoms with Crippen molar-refractivity contribution in [1.82, 2.24) is 9.80 Å². The molecular formula is C17H26FN3O2. The summed E-state index contributed by atoms with van der Waals surface area (Å²) in [5.74, 6) is -0.269. The first kappa shape index (κ1) is 17.7. The summed E-state index contributed by atoms with van der Waals surface area (Å²) in [4.78, 5) is 16.3. The summed E-state index contributed by atoms with van der Waals surface area (Å²) in [7, 11) is 2.07. The third-order valence-corrected chi connectivity index (χ3v) is 4.45. The van der Waals surface area contributed by atoms with Gasteiger partial charge in [-0.05, 0) is 57.0 Å². The topological polar surface area (TPSA) is 55.8 Å². The molecule has 128 valence electrons. The molecule has 0 saturated carbocycles. The number of aliphatic hydroxyl groups is 1. The number of hydrogen-bond acceptors (Lipinski definition) is 3. The molecule has 0 unspecified atom stereocenters. The van der Waals surface area contributed by atoms with Crippen LogP contribution in [0, 0.1) is 12.7 Å². The number of benzene rings is 1. The van der Waals surface area contributed by atoms with Crippen molar-refractivity contribution >= 4 is 11.7 Å². The van der Waals surface area contributed by atoms with E-state index in [1.165, 1.54) is 6.07 Å². The number of carbonyl (C=O) groups is 1. The minimum atomic E-state index is -0.269. The zero-order valence-corrected chi connectivity index (χ0v) is 13.9. The lowest BCUT2D eigenvalue weighted by molar-refractivity contribution is 0.134. The summed E-state index contributed by atoms with van der Waals surface area (Å²) in [5.41, 5.74) is 1.14. The predicted octanol–water partition coefficient (Wildman–Crippen LogP) is 2.44. The number of likely N-dealkylation sites (tertiary alicyclic amines) is 1. The Morgan fingerprint density at radius 2 is 2.13 bits per heavy atom. The Kier molecular flexibility index (Phi) is 6.36. The molecule has 5 nitrogen and oxygen atoms in total. The normalized spacial score (nSPS) is 16.0. The number of aliphatic hydroxyl groups excluding tert-OH is 1. The number of anilines is 1. The van der Waals surface area contributed by atoms with Gasteiger partial charge in [0.2, 0.25) is 0 Å². The number of piperidine rings is 1. The van der Waals surface area contributed by atoms with Crippen molar-refractivity contribution < 1.29 is 14.3 Å². The molecule has 0 radical (unpaired) electrons. The molecule has 1 heterocycles. The first-order valence-electron chi connectivity index (χ1n) is 8.14. The van der Waals surface area contributed by atoms with Crippen molar-refractivity contribution in [2.45, 2.75) is 32.2 Å². The van der Waals surface area contributed by atoms with Crippen molar-refractivity contribution in [2.75, 3.05) is 38.6 Å². The lowest BCUT2D eigenvalue weighted by atomic mass is 10.0. The van der Waals surface area contributed by atoms with E-state index in [2.05, 4.69) is 17.3 Å². The van der Waals surface area contributed by atoms with Gasteiger partial charge in [-0.15, -0.1) is 0 Å². The molecule has 1 aromatic rings. The van der Waals surface area contributed by atoms with Gasteiger partial charge in [0.1, 0.15) is 5.82 Å². The number of nitrogens with one attached hydrogen (secondary N) is 1. The van der Waals surface area contributed by atoms with Gasteiger partial charge in [-0.3, -0.25) is 0 Å². The molecule has 1 aliphatic rings. The summed E-state index contributed by atoms with van der Waals surface area (Å²) in [6, 6.07) is 4.91. The van der Waals surface area contributed by atoms with Crippen molar-refractivity contribution in [1.29, 1.82) is 0 Å².